The van der Waals surface area contributed by atoms with Crippen LogP contribution in [-0.4, -0.2) is 46.3 Å². The van der Waals surface area contributed by atoms with Crippen LogP contribution in [0.3, 0.4) is 0 Å². The van der Waals surface area contributed by atoms with Gasteiger partial charge in [0.25, 0.3) is 0 Å². The lowest BCUT2D eigenvalue weighted by atomic mass is 10.1. The molecule has 1 saturated carbocycles. The largest absolute Gasteiger partial charge is 0.380 e. The monoisotopic (exact) mass is 355 g/mol. The molecule has 1 fully saturated rings. The van der Waals surface area contributed by atoms with Crippen molar-refractivity contribution >= 4 is 0 Å². The van der Waals surface area contributed by atoms with Gasteiger partial charge in [-0.1, -0.05) is 5.16 Å². The van der Waals surface area contributed by atoms with Crippen LogP contribution in [0.25, 0.3) is 0 Å². The lowest BCUT2D eigenvalue weighted by Crippen LogP contribution is -2.33. The molecule has 1 N–H and O–H groups in total. The number of aliphatic hydroxyl groups is 1. The van der Waals surface area contributed by atoms with Crippen LogP contribution in [0.4, 0.5) is 0 Å². The van der Waals surface area contributed by atoms with Crippen molar-refractivity contribution in [3.05, 3.63) is 47.1 Å². The van der Waals surface area contributed by atoms with E-state index in [1.807, 2.05) is 23.9 Å². The number of aryl methyl sites for hydroxylation is 1. The molecule has 9 heteroatoms. The van der Waals surface area contributed by atoms with Gasteiger partial charge in [0.1, 0.15) is 6.10 Å². The van der Waals surface area contributed by atoms with Crippen molar-refractivity contribution in [1.29, 1.82) is 0 Å². The lowest BCUT2D eigenvalue weighted by molar-refractivity contribution is 0.178. The fourth-order valence-electron chi connectivity index (χ4n) is 3.45. The van der Waals surface area contributed by atoms with Crippen molar-refractivity contribution in [2.45, 2.75) is 44.5 Å². The average molecular weight is 355 g/mol. The predicted molar refractivity (Wildman–Crippen MR) is 89.9 cm³/mol. The first kappa shape index (κ1) is 15.7. The first-order chi connectivity index (χ1) is 12.7. The van der Waals surface area contributed by atoms with Gasteiger partial charge in [0.05, 0.1) is 30.2 Å². The maximum absolute atomic E-state index is 10.6. The number of hydrogen-bond acceptors (Lipinski definition) is 7. The summed E-state index contributed by atoms with van der Waals surface area (Å²) in [7, 11) is 1.82. The molecule has 0 radical (unpaired) electrons. The van der Waals surface area contributed by atoms with Gasteiger partial charge in [-0.15, -0.1) is 0 Å². The van der Waals surface area contributed by atoms with E-state index in [0.29, 0.717) is 24.0 Å². The third-order valence-corrected chi connectivity index (χ3v) is 5.10. The smallest absolute Gasteiger partial charge is 0.240 e. The van der Waals surface area contributed by atoms with Gasteiger partial charge in [-0.25, -0.2) is 0 Å². The van der Waals surface area contributed by atoms with E-state index in [9.17, 15) is 5.11 Å². The SMILES string of the molecule is Cn1nccc1[C@@H](O)c1cc2n(n1)CCN(Cc1nc(C3CC3)no1)C2. The van der Waals surface area contributed by atoms with Crippen molar-refractivity contribution in [1.82, 2.24) is 34.6 Å². The Morgan fingerprint density at radius 1 is 1.35 bits per heavy atom. The molecule has 0 amide bonds. The molecule has 0 saturated heterocycles. The molecule has 136 valence electrons. The van der Waals surface area contributed by atoms with Crippen LogP contribution in [0.5, 0.6) is 0 Å². The normalized spacial score (nSPS) is 18.8. The molecule has 3 aromatic rings. The highest BCUT2D eigenvalue weighted by atomic mass is 16.5. The Kier molecular flexibility index (Phi) is 3.64. The van der Waals surface area contributed by atoms with Crippen molar-refractivity contribution < 1.29 is 9.63 Å². The Morgan fingerprint density at radius 2 is 2.23 bits per heavy atom. The molecule has 2 aliphatic rings. The Hall–Kier alpha value is -2.52. The van der Waals surface area contributed by atoms with Gasteiger partial charge in [0.15, 0.2) is 5.82 Å². The molecule has 5 rings (SSSR count). The fraction of sp³-hybridized carbons (Fsp3) is 0.529. The third-order valence-electron chi connectivity index (χ3n) is 5.10. The van der Waals surface area contributed by atoms with Gasteiger partial charge in [-0.2, -0.15) is 15.2 Å². The van der Waals surface area contributed by atoms with E-state index in [-0.39, 0.29) is 0 Å². The summed E-state index contributed by atoms with van der Waals surface area (Å²) in [4.78, 5) is 6.77. The Bertz CT molecular complexity index is 923. The second-order valence-corrected chi connectivity index (χ2v) is 7.10. The van der Waals surface area contributed by atoms with Crippen molar-refractivity contribution in [2.75, 3.05) is 6.54 Å². The number of nitrogens with zero attached hydrogens (tertiary/aromatic N) is 7. The van der Waals surface area contributed by atoms with Crippen LogP contribution >= 0.6 is 0 Å². The van der Waals surface area contributed by atoms with Crippen molar-refractivity contribution in [3.63, 3.8) is 0 Å². The van der Waals surface area contributed by atoms with Crippen LogP contribution in [0, 0.1) is 0 Å². The Morgan fingerprint density at radius 3 is 3.00 bits per heavy atom. The van der Waals surface area contributed by atoms with E-state index in [2.05, 4.69) is 25.2 Å². The van der Waals surface area contributed by atoms with Gasteiger partial charge in [0, 0.05) is 32.3 Å². The molecule has 0 unspecified atom stereocenters. The number of fused-ring (bicyclic) bond motifs is 1. The Balaban J connectivity index is 1.29. The summed E-state index contributed by atoms with van der Waals surface area (Å²) in [6.45, 7) is 3.02. The fourth-order valence-corrected chi connectivity index (χ4v) is 3.45. The molecular weight excluding hydrogens is 334 g/mol. The summed E-state index contributed by atoms with van der Waals surface area (Å²) >= 11 is 0. The molecular formula is C17H21N7O2. The van der Waals surface area contributed by atoms with E-state index in [1.165, 1.54) is 12.8 Å². The number of rotatable bonds is 5. The molecule has 0 spiro atoms. The molecule has 3 aromatic heterocycles. The molecule has 0 bridgehead atoms. The van der Waals surface area contributed by atoms with Gasteiger partial charge in [-0.05, 0) is 25.0 Å². The van der Waals surface area contributed by atoms with E-state index >= 15 is 0 Å². The summed E-state index contributed by atoms with van der Waals surface area (Å²) in [5.41, 5.74) is 2.46. The predicted octanol–water partition coefficient (Wildman–Crippen LogP) is 0.974. The molecule has 1 aliphatic heterocycles. The minimum atomic E-state index is -0.772. The van der Waals surface area contributed by atoms with Crippen molar-refractivity contribution in [2.24, 2.45) is 7.05 Å². The van der Waals surface area contributed by atoms with Crippen molar-refractivity contribution in [3.8, 4) is 0 Å². The summed E-state index contributed by atoms with van der Waals surface area (Å²) in [5.74, 6) is 2.03. The van der Waals surface area contributed by atoms with E-state index in [4.69, 9.17) is 4.52 Å². The topological polar surface area (TPSA) is 98.0 Å². The average Bonchev–Trinajstić information content (AvgIpc) is 3.04. The van der Waals surface area contributed by atoms with E-state index in [1.54, 1.807) is 10.9 Å². The first-order valence-corrected chi connectivity index (χ1v) is 8.95. The maximum atomic E-state index is 10.6. The van der Waals surface area contributed by atoms with Gasteiger partial charge >= 0.3 is 0 Å². The summed E-state index contributed by atoms with van der Waals surface area (Å²) < 4.78 is 9.02. The van der Waals surface area contributed by atoms with E-state index < -0.39 is 6.10 Å². The highest BCUT2D eigenvalue weighted by Crippen LogP contribution is 2.38. The summed E-state index contributed by atoms with van der Waals surface area (Å²) in [5, 5.41) is 23.4. The summed E-state index contributed by atoms with van der Waals surface area (Å²) in [6, 6.07) is 3.77. The number of aliphatic hydroxyl groups excluding tert-OH is 1. The van der Waals surface area contributed by atoms with Crippen LogP contribution in [-0.2, 0) is 26.7 Å². The molecule has 4 heterocycles. The number of aromatic nitrogens is 6. The molecule has 1 atom stereocenters. The van der Waals surface area contributed by atoms with Gasteiger partial charge in [-0.3, -0.25) is 14.3 Å². The highest BCUT2D eigenvalue weighted by Gasteiger charge is 2.29. The van der Waals surface area contributed by atoms with Crippen LogP contribution in [0.2, 0.25) is 0 Å². The quantitative estimate of drug-likeness (QED) is 0.728. The molecule has 26 heavy (non-hydrogen) atoms. The van der Waals surface area contributed by atoms with Gasteiger partial charge < -0.3 is 9.63 Å². The third kappa shape index (κ3) is 2.82. The summed E-state index contributed by atoms with van der Waals surface area (Å²) in [6.07, 6.45) is 3.25. The molecule has 0 aromatic carbocycles. The number of hydrogen-bond donors (Lipinski definition) is 1. The zero-order valence-electron chi connectivity index (χ0n) is 14.6. The van der Waals surface area contributed by atoms with Crippen LogP contribution in [0.15, 0.2) is 22.9 Å². The maximum Gasteiger partial charge on any atom is 0.240 e. The van der Waals surface area contributed by atoms with Crippen LogP contribution in [0.1, 0.15) is 53.7 Å². The molecule has 1 aliphatic carbocycles. The second-order valence-electron chi connectivity index (χ2n) is 7.10. The Labute approximate surface area is 150 Å². The lowest BCUT2D eigenvalue weighted by Gasteiger charge is -2.25. The minimum absolute atomic E-state index is 0.506. The highest BCUT2D eigenvalue weighted by molar-refractivity contribution is 5.22. The van der Waals surface area contributed by atoms with E-state index in [0.717, 1.165) is 36.8 Å². The zero-order chi connectivity index (χ0) is 17.7. The van der Waals surface area contributed by atoms with Gasteiger partial charge in [0.2, 0.25) is 5.89 Å². The first-order valence-electron chi connectivity index (χ1n) is 8.95. The minimum Gasteiger partial charge on any atom is -0.380 e. The second kappa shape index (κ2) is 6.03. The standard InChI is InChI=1S/C17H21N7O2/c1-22-14(4-5-18-22)16(25)13-8-12-9-23(6-7-24(12)20-13)10-15-19-17(21-26-15)11-2-3-11/h4-5,8,11,16,25H,2-3,6-7,9-10H2,1H3/t16-/m0/s1. The van der Waals surface area contributed by atoms with Crippen LogP contribution < -0.4 is 0 Å². The zero-order valence-corrected chi connectivity index (χ0v) is 14.6. The molecule has 9 nitrogen and oxygen atoms in total.